The second kappa shape index (κ2) is 10.4. The first-order chi connectivity index (χ1) is 19.3. The Morgan fingerprint density at radius 2 is 2.10 bits per heavy atom. The Balaban J connectivity index is 1.25. The average Bonchev–Trinajstić information content (AvgIpc) is 3.63. The Bertz CT molecular complexity index is 1670. The number of halogens is 1. The minimum atomic E-state index is -0.338. The van der Waals surface area contributed by atoms with Crippen LogP contribution in [0.3, 0.4) is 0 Å². The quantitative estimate of drug-likeness (QED) is 0.143. The molecule has 0 spiro atoms. The number of nitrogens with one attached hydrogen (secondary N) is 3. The predicted molar refractivity (Wildman–Crippen MR) is 154 cm³/mol. The van der Waals surface area contributed by atoms with Gasteiger partial charge >= 0.3 is 5.97 Å². The van der Waals surface area contributed by atoms with Crippen molar-refractivity contribution in [2.45, 2.75) is 38.3 Å². The van der Waals surface area contributed by atoms with Gasteiger partial charge in [0.2, 0.25) is 5.88 Å². The number of aromatic nitrogens is 2. The van der Waals surface area contributed by atoms with Crippen molar-refractivity contribution in [3.8, 4) is 5.88 Å². The molecule has 0 saturated carbocycles. The Hall–Kier alpha value is -4.22. The number of amides is 1. The number of hydrogen-bond acceptors (Lipinski definition) is 9. The molecule has 2 aliphatic rings. The number of aromatic hydroxyl groups is 1. The molecule has 0 bridgehead atoms. The summed E-state index contributed by atoms with van der Waals surface area (Å²) in [6.45, 7) is 2.24. The lowest BCUT2D eigenvalue weighted by Crippen LogP contribution is -2.36. The van der Waals surface area contributed by atoms with E-state index < -0.39 is 0 Å². The van der Waals surface area contributed by atoms with Crippen LogP contribution in [0.5, 0.6) is 5.88 Å². The number of pyridine rings is 1. The molecule has 204 valence electrons. The fourth-order valence-corrected chi connectivity index (χ4v) is 6.19. The van der Waals surface area contributed by atoms with Gasteiger partial charge in [0, 0.05) is 24.3 Å². The maximum atomic E-state index is 13.8. The van der Waals surface area contributed by atoms with Crippen molar-refractivity contribution in [3.05, 3.63) is 70.5 Å². The fourth-order valence-electron chi connectivity index (χ4n) is 5.25. The molecule has 1 saturated heterocycles. The van der Waals surface area contributed by atoms with E-state index >= 15 is 0 Å². The van der Waals surface area contributed by atoms with Gasteiger partial charge in [-0.3, -0.25) is 20.0 Å². The molecule has 4 heterocycles. The van der Waals surface area contributed by atoms with Crippen molar-refractivity contribution in [3.63, 3.8) is 0 Å². The van der Waals surface area contributed by atoms with E-state index in [1.165, 1.54) is 12.4 Å². The van der Waals surface area contributed by atoms with Gasteiger partial charge in [-0.15, -0.1) is 0 Å². The molecule has 1 amide bonds. The van der Waals surface area contributed by atoms with Gasteiger partial charge in [0.15, 0.2) is 0 Å². The molecule has 2 aromatic heterocycles. The third kappa shape index (κ3) is 4.61. The summed E-state index contributed by atoms with van der Waals surface area (Å²) in [5.74, 6) is -0.963. The van der Waals surface area contributed by atoms with E-state index in [9.17, 15) is 14.7 Å². The van der Waals surface area contributed by atoms with Crippen LogP contribution in [0, 0.1) is 5.41 Å². The van der Waals surface area contributed by atoms with Gasteiger partial charge in [-0.05, 0) is 53.7 Å². The van der Waals surface area contributed by atoms with Crippen LogP contribution in [0.25, 0.3) is 10.8 Å². The molecule has 12 heteroatoms. The zero-order chi connectivity index (χ0) is 28.0. The number of hydrogen-bond donors (Lipinski definition) is 4. The minimum absolute atomic E-state index is 0.0725. The molecule has 6 rings (SSSR count). The molecule has 4 N–H and O–H groups in total. The number of nitrogens with zero attached hydrogens (tertiary/aromatic N) is 3. The Morgan fingerprint density at radius 3 is 2.90 bits per heavy atom. The minimum Gasteiger partial charge on any atom is -0.492 e. The summed E-state index contributed by atoms with van der Waals surface area (Å²) in [5, 5.41) is 27.5. The number of amidine groups is 1. The van der Waals surface area contributed by atoms with Crippen molar-refractivity contribution in [1.29, 1.82) is 5.41 Å². The lowest BCUT2D eigenvalue weighted by molar-refractivity contribution is -0.141. The third-order valence-corrected chi connectivity index (χ3v) is 8.35. The van der Waals surface area contributed by atoms with Crippen LogP contribution in [0.4, 0.5) is 16.4 Å². The van der Waals surface area contributed by atoms with Crippen molar-refractivity contribution < 1.29 is 19.4 Å². The maximum Gasteiger partial charge on any atom is 0.306 e. The average molecular weight is 577 g/mol. The molecule has 2 atom stereocenters. The summed E-state index contributed by atoms with van der Waals surface area (Å²) in [4.78, 5) is 31.2. The van der Waals surface area contributed by atoms with Gasteiger partial charge in [-0.2, -0.15) is 4.37 Å². The largest absolute Gasteiger partial charge is 0.492 e. The number of benzene rings is 2. The van der Waals surface area contributed by atoms with Crippen LogP contribution in [0.1, 0.15) is 41.3 Å². The normalized spacial score (nSPS) is 18.1. The molecule has 10 nitrogen and oxygen atoms in total. The van der Waals surface area contributed by atoms with Gasteiger partial charge in [0.1, 0.15) is 22.5 Å². The zero-order valence-electron chi connectivity index (χ0n) is 21.4. The lowest BCUT2D eigenvalue weighted by atomic mass is 10.0. The van der Waals surface area contributed by atoms with E-state index in [0.717, 1.165) is 40.0 Å². The van der Waals surface area contributed by atoms with E-state index in [1.54, 1.807) is 4.90 Å². The molecule has 2 aliphatic heterocycles. The van der Waals surface area contributed by atoms with Gasteiger partial charge in [0.05, 0.1) is 29.0 Å². The third-order valence-electron chi connectivity index (χ3n) is 7.19. The summed E-state index contributed by atoms with van der Waals surface area (Å²) in [6.07, 6.45) is 4.22. The Morgan fingerprint density at radius 1 is 1.27 bits per heavy atom. The molecule has 1 fully saturated rings. The van der Waals surface area contributed by atoms with E-state index in [1.807, 2.05) is 31.2 Å². The highest BCUT2D eigenvalue weighted by Crippen LogP contribution is 2.40. The van der Waals surface area contributed by atoms with Crippen molar-refractivity contribution in [2.75, 3.05) is 16.8 Å². The lowest BCUT2D eigenvalue weighted by Gasteiger charge is -2.23. The second-order valence-electron chi connectivity index (χ2n) is 9.80. The monoisotopic (exact) mass is 576 g/mol. The molecule has 4 aromatic rings. The topological polar surface area (TPSA) is 141 Å². The van der Waals surface area contributed by atoms with Crippen LogP contribution < -0.4 is 15.5 Å². The number of rotatable bonds is 6. The Kier molecular flexibility index (Phi) is 6.77. The summed E-state index contributed by atoms with van der Waals surface area (Å²) in [7, 11) is 0. The van der Waals surface area contributed by atoms with Crippen LogP contribution >= 0.6 is 23.1 Å². The number of cyclic esters (lactones) is 1. The van der Waals surface area contributed by atoms with Crippen molar-refractivity contribution >= 4 is 68.0 Å². The fraction of sp³-hybridized carbons (Fsp3) is 0.250. The van der Waals surface area contributed by atoms with E-state index in [2.05, 4.69) is 32.1 Å². The zero-order valence-corrected chi connectivity index (χ0v) is 23.0. The Labute approximate surface area is 238 Å². The number of fused-ring (bicyclic) bond motifs is 3. The first-order valence-electron chi connectivity index (χ1n) is 12.8. The summed E-state index contributed by atoms with van der Waals surface area (Å²) in [5.41, 5.74) is 2.68. The van der Waals surface area contributed by atoms with E-state index in [0.29, 0.717) is 23.5 Å². The SMILES string of the molecule is CC1Cc2c(ccc3ccccc23)N1C(=O)c1cncc(Nc2snc(O)c2C(=N)NCC2CCC(=O)O2)c1Cl. The van der Waals surface area contributed by atoms with Gasteiger partial charge in [-0.1, -0.05) is 41.9 Å². The van der Waals surface area contributed by atoms with E-state index in [4.69, 9.17) is 21.7 Å². The predicted octanol–water partition coefficient (Wildman–Crippen LogP) is 5.01. The number of ether oxygens (including phenoxy) is 1. The van der Waals surface area contributed by atoms with E-state index in [-0.39, 0.29) is 58.4 Å². The number of anilines is 3. The standard InChI is InChI=1S/C28H25ClN6O4S/c1-14-10-18-17-5-3-2-4-15(17)6-8-21(18)35(14)28(38)19-12-31-13-20(24(19)29)33-27-23(26(37)34-40-27)25(30)32-11-16-7-9-22(36)39-16/h2-6,8,12-14,16,33H,7,9-11H2,1H3,(H2,30,32)(H,34,37). The first-order valence-corrected chi connectivity index (χ1v) is 13.9. The van der Waals surface area contributed by atoms with Crippen molar-refractivity contribution in [1.82, 2.24) is 14.7 Å². The van der Waals surface area contributed by atoms with Crippen LogP contribution in [-0.2, 0) is 16.0 Å². The molecule has 2 unspecified atom stereocenters. The van der Waals surface area contributed by atoms with Gasteiger partial charge in [-0.25, -0.2) is 0 Å². The summed E-state index contributed by atoms with van der Waals surface area (Å²) in [6, 6.07) is 12.0. The molecule has 0 radical (unpaired) electrons. The maximum absolute atomic E-state index is 13.8. The summed E-state index contributed by atoms with van der Waals surface area (Å²) < 4.78 is 9.14. The van der Waals surface area contributed by atoms with Crippen LogP contribution in [-0.4, -0.2) is 50.9 Å². The molecule has 0 aliphatic carbocycles. The number of esters is 1. The summed E-state index contributed by atoms with van der Waals surface area (Å²) >= 11 is 7.69. The molecule has 2 aromatic carbocycles. The van der Waals surface area contributed by atoms with Gasteiger partial charge in [0.25, 0.3) is 5.91 Å². The van der Waals surface area contributed by atoms with Crippen LogP contribution in [0.15, 0.2) is 48.8 Å². The highest BCUT2D eigenvalue weighted by Gasteiger charge is 2.34. The second-order valence-corrected chi connectivity index (χ2v) is 11.0. The van der Waals surface area contributed by atoms with Gasteiger partial charge < -0.3 is 25.4 Å². The smallest absolute Gasteiger partial charge is 0.306 e. The highest BCUT2D eigenvalue weighted by atomic mass is 35.5. The first kappa shape index (κ1) is 26.0. The molecular formula is C28H25ClN6O4S. The molecule has 40 heavy (non-hydrogen) atoms. The number of carbonyl (C=O) groups excluding carboxylic acids is 2. The molecular weight excluding hydrogens is 552 g/mol. The van der Waals surface area contributed by atoms with Crippen molar-refractivity contribution in [2.24, 2.45) is 0 Å². The number of carbonyl (C=O) groups is 2. The van der Waals surface area contributed by atoms with Crippen LogP contribution in [0.2, 0.25) is 5.02 Å². The highest BCUT2D eigenvalue weighted by molar-refractivity contribution is 7.11.